The molecule has 60 valence electrons. The third-order valence-corrected chi connectivity index (χ3v) is 1.18. The first-order chi connectivity index (χ1) is 4.85. The van der Waals surface area contributed by atoms with Crippen LogP contribution in [0.2, 0.25) is 0 Å². The van der Waals surface area contributed by atoms with Crippen molar-refractivity contribution in [3.05, 3.63) is 10.7 Å². The van der Waals surface area contributed by atoms with Gasteiger partial charge in [-0.15, -0.1) is 0 Å². The van der Waals surface area contributed by atoms with Crippen LogP contribution in [0.3, 0.4) is 0 Å². The molecule has 0 aromatic carbocycles. The summed E-state index contributed by atoms with van der Waals surface area (Å²) >= 11 is 2.05. The van der Waals surface area contributed by atoms with Crippen molar-refractivity contribution in [3.63, 3.8) is 0 Å². The lowest BCUT2D eigenvalue weighted by atomic mass is 10.2. The van der Waals surface area contributed by atoms with E-state index in [4.69, 9.17) is 4.89 Å². The molecule has 1 rings (SSSR count). The molecule has 10 heavy (non-hydrogen) atoms. The summed E-state index contributed by atoms with van der Waals surface area (Å²) in [4.78, 5) is 9.45. The van der Waals surface area contributed by atoms with Gasteiger partial charge in [-0.1, -0.05) is 36.1 Å². The Hall–Kier alpha value is 0.390. The Labute approximate surface area is 75.7 Å². The maximum atomic E-state index is 4.80. The lowest BCUT2D eigenvalue weighted by Crippen LogP contribution is -2.00. The smallest absolute Gasteiger partial charge is 0.0950 e. The molecule has 3 heteroatoms. The van der Waals surface area contributed by atoms with E-state index in [1.54, 1.807) is 4.08 Å². The number of hydrogen-bond donors (Lipinski definition) is 0. The van der Waals surface area contributed by atoms with Crippen molar-refractivity contribution in [1.29, 1.82) is 0 Å². The summed E-state index contributed by atoms with van der Waals surface area (Å²) in [5.41, 5.74) is 0. The number of hydrogen-bond acceptors (Lipinski definition) is 2. The first-order valence-corrected chi connectivity index (χ1v) is 4.59. The van der Waals surface area contributed by atoms with Gasteiger partial charge in [0, 0.05) is 6.42 Å². The SMILES string of the molecule is C=CI.CCC1CCOO1. The number of halogens is 1. The van der Waals surface area contributed by atoms with E-state index in [-0.39, 0.29) is 0 Å². The molecule has 0 aliphatic carbocycles. The van der Waals surface area contributed by atoms with Crippen LogP contribution in [-0.2, 0) is 9.78 Å². The highest BCUT2D eigenvalue weighted by Gasteiger charge is 2.13. The van der Waals surface area contributed by atoms with Crippen LogP contribution < -0.4 is 0 Å². The number of rotatable bonds is 1. The zero-order valence-corrected chi connectivity index (χ0v) is 8.34. The molecule has 0 N–H and O–H groups in total. The third kappa shape index (κ3) is 5.20. The molecule has 0 spiro atoms. The second-order valence-corrected chi connectivity index (χ2v) is 2.77. The fourth-order valence-corrected chi connectivity index (χ4v) is 0.644. The van der Waals surface area contributed by atoms with E-state index < -0.39 is 0 Å². The van der Waals surface area contributed by atoms with Crippen LogP contribution in [0.25, 0.3) is 0 Å². The molecule has 0 amide bonds. The molecule has 0 radical (unpaired) electrons. The van der Waals surface area contributed by atoms with Gasteiger partial charge in [-0.2, -0.15) is 0 Å². The predicted molar refractivity (Wildman–Crippen MR) is 50.0 cm³/mol. The Morgan fingerprint density at radius 1 is 1.80 bits per heavy atom. The van der Waals surface area contributed by atoms with Gasteiger partial charge in [0.2, 0.25) is 0 Å². The summed E-state index contributed by atoms with van der Waals surface area (Å²) in [6, 6.07) is 0. The van der Waals surface area contributed by atoms with E-state index >= 15 is 0 Å². The zero-order chi connectivity index (χ0) is 7.82. The summed E-state index contributed by atoms with van der Waals surface area (Å²) < 4.78 is 1.72. The lowest BCUT2D eigenvalue weighted by Gasteiger charge is -1.97. The van der Waals surface area contributed by atoms with Gasteiger partial charge in [-0.25, -0.2) is 9.78 Å². The molecule has 1 unspecified atom stereocenters. The summed E-state index contributed by atoms with van der Waals surface area (Å²) in [5, 5.41) is 0. The molecule has 0 bridgehead atoms. The van der Waals surface area contributed by atoms with Gasteiger partial charge in [-0.3, -0.25) is 0 Å². The van der Waals surface area contributed by atoms with Crippen LogP contribution in [0.1, 0.15) is 19.8 Å². The Morgan fingerprint density at radius 2 is 2.40 bits per heavy atom. The monoisotopic (exact) mass is 256 g/mol. The quantitative estimate of drug-likeness (QED) is 0.530. The molecule has 2 nitrogen and oxygen atoms in total. The summed E-state index contributed by atoms with van der Waals surface area (Å²) in [6.07, 6.45) is 2.51. The van der Waals surface area contributed by atoms with Crippen LogP contribution in [0.4, 0.5) is 0 Å². The second kappa shape index (κ2) is 7.50. The fraction of sp³-hybridized carbons (Fsp3) is 0.714. The minimum Gasteiger partial charge on any atom is -0.236 e. The van der Waals surface area contributed by atoms with E-state index in [1.807, 2.05) is 0 Å². The molecule has 0 aromatic rings. The molecule has 1 atom stereocenters. The van der Waals surface area contributed by atoms with Crippen LogP contribution in [0.15, 0.2) is 10.7 Å². The largest absolute Gasteiger partial charge is 0.236 e. The van der Waals surface area contributed by atoms with Crippen LogP contribution in [0, 0.1) is 0 Å². The van der Waals surface area contributed by atoms with Gasteiger partial charge in [-0.05, 0) is 10.5 Å². The van der Waals surface area contributed by atoms with Crippen molar-refractivity contribution in [1.82, 2.24) is 0 Å². The van der Waals surface area contributed by atoms with Gasteiger partial charge in [0.15, 0.2) is 0 Å². The molecule has 0 aromatic heterocycles. The van der Waals surface area contributed by atoms with Crippen LogP contribution in [-0.4, -0.2) is 12.7 Å². The van der Waals surface area contributed by atoms with Gasteiger partial charge < -0.3 is 0 Å². The highest BCUT2D eigenvalue weighted by Crippen LogP contribution is 2.10. The van der Waals surface area contributed by atoms with E-state index in [2.05, 4.69) is 41.0 Å². The van der Waals surface area contributed by atoms with Crippen molar-refractivity contribution >= 4 is 22.6 Å². The molecule has 1 aliphatic heterocycles. The predicted octanol–water partition coefficient (Wildman–Crippen LogP) is 2.68. The van der Waals surface area contributed by atoms with E-state index in [0.717, 1.165) is 19.4 Å². The van der Waals surface area contributed by atoms with Crippen molar-refractivity contribution in [2.75, 3.05) is 6.61 Å². The van der Waals surface area contributed by atoms with Gasteiger partial charge in [0.05, 0.1) is 12.7 Å². The molecular formula is C7H13IO2. The Bertz CT molecular complexity index is 79.7. The second-order valence-electron chi connectivity index (χ2n) is 1.89. The minimum absolute atomic E-state index is 0.375. The molecular weight excluding hydrogens is 243 g/mol. The average molecular weight is 256 g/mol. The first-order valence-electron chi connectivity index (χ1n) is 3.34. The van der Waals surface area contributed by atoms with Gasteiger partial charge in [0.1, 0.15) is 0 Å². The Morgan fingerprint density at radius 3 is 2.60 bits per heavy atom. The van der Waals surface area contributed by atoms with Crippen LogP contribution in [0.5, 0.6) is 0 Å². The summed E-state index contributed by atoms with van der Waals surface area (Å²) in [7, 11) is 0. The topological polar surface area (TPSA) is 18.5 Å². The van der Waals surface area contributed by atoms with Crippen LogP contribution >= 0.6 is 22.6 Å². The summed E-state index contributed by atoms with van der Waals surface area (Å²) in [6.45, 7) is 6.22. The van der Waals surface area contributed by atoms with Gasteiger partial charge >= 0.3 is 0 Å². The summed E-state index contributed by atoms with van der Waals surface area (Å²) in [5.74, 6) is 0. The molecule has 1 heterocycles. The van der Waals surface area contributed by atoms with Crippen molar-refractivity contribution < 1.29 is 9.78 Å². The van der Waals surface area contributed by atoms with Gasteiger partial charge in [0.25, 0.3) is 0 Å². The maximum Gasteiger partial charge on any atom is 0.0950 e. The third-order valence-electron chi connectivity index (χ3n) is 1.18. The Kier molecular flexibility index (Phi) is 7.79. The maximum absolute atomic E-state index is 4.80. The zero-order valence-electron chi connectivity index (χ0n) is 6.18. The standard InChI is InChI=1S/C5H10O2.C2H3I/c1-2-5-3-4-6-7-5;1-2-3/h5H,2-4H2,1H3;2H,1H2. The Balaban J connectivity index is 0.000000236. The van der Waals surface area contributed by atoms with E-state index in [1.165, 1.54) is 0 Å². The molecule has 1 fully saturated rings. The molecule has 1 aliphatic rings. The molecule has 0 saturated carbocycles. The highest BCUT2D eigenvalue weighted by atomic mass is 127. The van der Waals surface area contributed by atoms with Crippen molar-refractivity contribution in [2.24, 2.45) is 0 Å². The minimum atomic E-state index is 0.375. The van der Waals surface area contributed by atoms with Crippen molar-refractivity contribution in [2.45, 2.75) is 25.9 Å². The normalized spacial score (nSPS) is 23.2. The van der Waals surface area contributed by atoms with E-state index in [0.29, 0.717) is 6.10 Å². The average Bonchev–Trinajstić information content (AvgIpc) is 2.39. The molecule has 1 saturated heterocycles. The highest BCUT2D eigenvalue weighted by molar-refractivity contribution is 14.1. The first kappa shape index (κ1) is 10.4. The van der Waals surface area contributed by atoms with Crippen molar-refractivity contribution in [3.8, 4) is 0 Å². The fourth-order valence-electron chi connectivity index (χ4n) is 0.644. The van der Waals surface area contributed by atoms with E-state index in [9.17, 15) is 0 Å². The lowest BCUT2D eigenvalue weighted by molar-refractivity contribution is -0.274.